The molecular formula is C21H27ClFN7. The molecule has 4 rings (SSSR count). The maximum absolute atomic E-state index is 13.2. The van der Waals surface area contributed by atoms with Crippen LogP contribution in [0.15, 0.2) is 24.4 Å². The van der Waals surface area contributed by atoms with Crippen molar-refractivity contribution in [3.8, 4) is 0 Å². The number of anilines is 3. The van der Waals surface area contributed by atoms with E-state index in [2.05, 4.69) is 46.3 Å². The summed E-state index contributed by atoms with van der Waals surface area (Å²) in [6.45, 7) is 7.50. The quantitative estimate of drug-likeness (QED) is 0.537. The highest BCUT2D eigenvalue weighted by molar-refractivity contribution is 6.31. The van der Waals surface area contributed by atoms with Gasteiger partial charge in [-0.25, -0.2) is 14.4 Å². The van der Waals surface area contributed by atoms with Crippen LogP contribution in [0.2, 0.25) is 5.02 Å². The SMILES string of the molecule is CC(C)(C)Nc1ncc2nc(Nc3cc(Cl)cc(CF)c3)n(C3CCNCC3)c2n1. The van der Waals surface area contributed by atoms with Crippen molar-refractivity contribution in [1.82, 2.24) is 24.8 Å². The standard InChI is InChI=1S/C21H27ClFN7/c1-21(2,3)29-19-25-12-17-18(28-19)30(16-4-6-24-7-5-16)20(27-17)26-15-9-13(11-23)8-14(22)10-15/h8-10,12,16,24H,4-7,11H2,1-3H3,(H,26,27)(H,25,28,29). The van der Waals surface area contributed by atoms with Gasteiger partial charge >= 0.3 is 0 Å². The zero-order valence-corrected chi connectivity index (χ0v) is 18.2. The molecule has 1 saturated heterocycles. The average Bonchev–Trinajstić information content (AvgIpc) is 3.03. The molecule has 0 bridgehead atoms. The van der Waals surface area contributed by atoms with Crippen LogP contribution in [0.5, 0.6) is 0 Å². The minimum atomic E-state index is -0.576. The molecule has 30 heavy (non-hydrogen) atoms. The van der Waals surface area contributed by atoms with Gasteiger partial charge in [-0.15, -0.1) is 0 Å². The van der Waals surface area contributed by atoms with E-state index in [1.165, 1.54) is 0 Å². The molecule has 1 fully saturated rings. The maximum Gasteiger partial charge on any atom is 0.225 e. The molecule has 1 aliphatic rings. The number of halogens is 2. The third-order valence-electron chi connectivity index (χ3n) is 4.96. The molecule has 3 heterocycles. The number of nitrogens with zero attached hydrogens (tertiary/aromatic N) is 4. The third-order valence-corrected chi connectivity index (χ3v) is 5.18. The number of imidazole rings is 1. The van der Waals surface area contributed by atoms with E-state index in [9.17, 15) is 4.39 Å². The van der Waals surface area contributed by atoms with Gasteiger partial charge in [0.2, 0.25) is 11.9 Å². The maximum atomic E-state index is 13.2. The van der Waals surface area contributed by atoms with E-state index < -0.39 is 6.67 Å². The molecule has 0 aliphatic carbocycles. The second kappa shape index (κ2) is 8.35. The van der Waals surface area contributed by atoms with Gasteiger partial charge in [0.05, 0.1) is 6.20 Å². The number of hydrogen-bond donors (Lipinski definition) is 3. The molecule has 0 saturated carbocycles. The summed E-state index contributed by atoms with van der Waals surface area (Å²) in [6, 6.07) is 5.38. The molecule has 0 spiro atoms. The first kappa shape index (κ1) is 20.8. The smallest absolute Gasteiger partial charge is 0.225 e. The number of hydrogen-bond acceptors (Lipinski definition) is 6. The summed E-state index contributed by atoms with van der Waals surface area (Å²) in [6.07, 6.45) is 3.68. The van der Waals surface area contributed by atoms with Crippen molar-refractivity contribution in [2.24, 2.45) is 0 Å². The number of rotatable bonds is 5. The molecule has 7 nitrogen and oxygen atoms in total. The van der Waals surface area contributed by atoms with Gasteiger partial charge in [-0.2, -0.15) is 4.98 Å². The van der Waals surface area contributed by atoms with Crippen LogP contribution in [0.1, 0.15) is 45.2 Å². The zero-order valence-electron chi connectivity index (χ0n) is 17.5. The van der Waals surface area contributed by atoms with E-state index in [0.717, 1.165) is 31.6 Å². The zero-order chi connectivity index (χ0) is 21.3. The Balaban J connectivity index is 1.78. The molecule has 0 unspecified atom stereocenters. The van der Waals surface area contributed by atoms with Gasteiger partial charge < -0.3 is 16.0 Å². The monoisotopic (exact) mass is 431 g/mol. The van der Waals surface area contributed by atoms with E-state index >= 15 is 0 Å². The number of alkyl halides is 1. The first-order valence-corrected chi connectivity index (χ1v) is 10.6. The molecule has 0 amide bonds. The summed E-state index contributed by atoms with van der Waals surface area (Å²) in [7, 11) is 0. The van der Waals surface area contributed by atoms with Crippen LogP contribution in [-0.2, 0) is 6.67 Å². The molecule has 160 valence electrons. The first-order chi connectivity index (χ1) is 14.3. The van der Waals surface area contributed by atoms with Crippen LogP contribution in [0.3, 0.4) is 0 Å². The lowest BCUT2D eigenvalue weighted by Crippen LogP contribution is -2.30. The summed E-state index contributed by atoms with van der Waals surface area (Å²) in [5, 5.41) is 10.5. The van der Waals surface area contributed by atoms with Gasteiger partial charge in [0.1, 0.15) is 12.2 Å². The Labute approximate surface area is 180 Å². The lowest BCUT2D eigenvalue weighted by Gasteiger charge is -2.26. The van der Waals surface area contributed by atoms with Crippen LogP contribution in [-0.4, -0.2) is 38.1 Å². The summed E-state index contributed by atoms with van der Waals surface area (Å²) in [4.78, 5) is 14.0. The highest BCUT2D eigenvalue weighted by Gasteiger charge is 2.24. The molecular weight excluding hydrogens is 405 g/mol. The predicted octanol–water partition coefficient (Wildman–Crippen LogP) is 4.83. The third kappa shape index (κ3) is 4.65. The highest BCUT2D eigenvalue weighted by atomic mass is 35.5. The molecule has 9 heteroatoms. The van der Waals surface area contributed by atoms with Gasteiger partial charge in [-0.1, -0.05) is 11.6 Å². The number of aromatic nitrogens is 4. The Hall–Kier alpha value is -2.45. The molecule has 3 N–H and O–H groups in total. The summed E-state index contributed by atoms with van der Waals surface area (Å²) in [5.41, 5.74) is 2.55. The number of nitrogens with one attached hydrogen (secondary N) is 3. The van der Waals surface area contributed by atoms with Gasteiger partial charge in [-0.3, -0.25) is 4.57 Å². The lowest BCUT2D eigenvalue weighted by atomic mass is 10.1. The minimum absolute atomic E-state index is 0.155. The summed E-state index contributed by atoms with van der Waals surface area (Å²) in [5.74, 6) is 1.23. The van der Waals surface area contributed by atoms with E-state index in [1.807, 2.05) is 0 Å². The normalized spacial score (nSPS) is 15.5. The molecule has 0 radical (unpaired) electrons. The van der Waals surface area contributed by atoms with Gasteiger partial charge in [-0.05, 0) is 70.5 Å². The van der Waals surface area contributed by atoms with Crippen molar-refractivity contribution < 1.29 is 4.39 Å². The van der Waals surface area contributed by atoms with Gasteiger partial charge in [0.25, 0.3) is 0 Å². The van der Waals surface area contributed by atoms with Crippen LogP contribution in [0.4, 0.5) is 22.0 Å². The fraction of sp³-hybridized carbons (Fsp3) is 0.476. The van der Waals surface area contributed by atoms with Crippen LogP contribution >= 0.6 is 11.6 Å². The van der Waals surface area contributed by atoms with Crippen molar-refractivity contribution in [1.29, 1.82) is 0 Å². The Morgan fingerprint density at radius 3 is 2.67 bits per heavy atom. The molecule has 3 aromatic rings. The van der Waals surface area contributed by atoms with Gasteiger partial charge in [0, 0.05) is 22.3 Å². The Morgan fingerprint density at radius 2 is 1.97 bits per heavy atom. The fourth-order valence-corrected chi connectivity index (χ4v) is 3.97. The Morgan fingerprint density at radius 1 is 1.20 bits per heavy atom. The van der Waals surface area contributed by atoms with Crippen LogP contribution in [0.25, 0.3) is 11.2 Å². The van der Waals surface area contributed by atoms with E-state index in [-0.39, 0.29) is 11.6 Å². The summed E-state index contributed by atoms with van der Waals surface area (Å²) < 4.78 is 15.3. The van der Waals surface area contributed by atoms with Crippen molar-refractivity contribution >= 4 is 40.3 Å². The van der Waals surface area contributed by atoms with Crippen molar-refractivity contribution in [3.63, 3.8) is 0 Å². The molecule has 2 aromatic heterocycles. The van der Waals surface area contributed by atoms with Gasteiger partial charge in [0.15, 0.2) is 5.65 Å². The second-order valence-corrected chi connectivity index (χ2v) is 9.11. The van der Waals surface area contributed by atoms with Crippen LogP contribution in [0, 0.1) is 0 Å². The number of benzene rings is 1. The molecule has 1 aliphatic heterocycles. The van der Waals surface area contributed by atoms with Crippen molar-refractivity contribution in [2.75, 3.05) is 23.7 Å². The number of fused-ring (bicyclic) bond motifs is 1. The topological polar surface area (TPSA) is 79.7 Å². The Kier molecular flexibility index (Phi) is 5.79. The minimum Gasteiger partial charge on any atom is -0.350 e. The fourth-order valence-electron chi connectivity index (χ4n) is 3.71. The molecule has 1 aromatic carbocycles. The van der Waals surface area contributed by atoms with Crippen LogP contribution < -0.4 is 16.0 Å². The lowest BCUT2D eigenvalue weighted by molar-refractivity contribution is 0.377. The Bertz CT molecular complexity index is 1040. The highest BCUT2D eigenvalue weighted by Crippen LogP contribution is 2.31. The second-order valence-electron chi connectivity index (χ2n) is 8.67. The first-order valence-electron chi connectivity index (χ1n) is 10.2. The average molecular weight is 432 g/mol. The largest absolute Gasteiger partial charge is 0.350 e. The van der Waals surface area contributed by atoms with E-state index in [4.69, 9.17) is 21.6 Å². The van der Waals surface area contributed by atoms with E-state index in [0.29, 0.717) is 33.7 Å². The molecule has 0 atom stereocenters. The van der Waals surface area contributed by atoms with Crippen molar-refractivity contribution in [2.45, 2.75) is 51.9 Å². The van der Waals surface area contributed by atoms with E-state index in [1.54, 1.807) is 24.4 Å². The predicted molar refractivity (Wildman–Crippen MR) is 119 cm³/mol. The number of piperidine rings is 1. The summed E-state index contributed by atoms with van der Waals surface area (Å²) >= 11 is 6.17. The van der Waals surface area contributed by atoms with Crippen molar-refractivity contribution in [3.05, 3.63) is 35.0 Å².